The van der Waals surface area contributed by atoms with Gasteiger partial charge < -0.3 is 14.2 Å². The third-order valence-electron chi connectivity index (χ3n) is 2.15. The van der Waals surface area contributed by atoms with Crippen molar-refractivity contribution < 1.29 is 14.4 Å². The summed E-state index contributed by atoms with van der Waals surface area (Å²) in [6, 6.07) is 1.32. The molecule has 9 heteroatoms. The van der Waals surface area contributed by atoms with Crippen molar-refractivity contribution in [1.29, 1.82) is 0 Å². The SMILES string of the molecule is O=C(O)CSc1nc(=O)ccn1CCc1ncno1. The Morgan fingerprint density at radius 2 is 2.37 bits per heavy atom. The van der Waals surface area contributed by atoms with Crippen molar-refractivity contribution >= 4 is 17.7 Å². The second kappa shape index (κ2) is 6.14. The third-order valence-corrected chi connectivity index (χ3v) is 3.12. The fraction of sp³-hybridized carbons (Fsp3) is 0.300. The molecule has 2 heterocycles. The summed E-state index contributed by atoms with van der Waals surface area (Å²) in [5, 5.41) is 12.5. The number of carboxylic acid groups (broad SMARTS) is 1. The van der Waals surface area contributed by atoms with E-state index >= 15 is 0 Å². The molecule has 0 bridgehead atoms. The zero-order valence-electron chi connectivity index (χ0n) is 9.72. The van der Waals surface area contributed by atoms with E-state index in [0.717, 1.165) is 11.8 Å². The Bertz CT molecular complexity index is 610. The lowest BCUT2D eigenvalue weighted by Crippen LogP contribution is -2.15. The fourth-order valence-corrected chi connectivity index (χ4v) is 2.07. The lowest BCUT2D eigenvalue weighted by Gasteiger charge is -2.09. The minimum atomic E-state index is -0.966. The molecule has 1 N–H and O–H groups in total. The molecule has 2 aromatic heterocycles. The number of thioether (sulfide) groups is 1. The number of aryl methyl sites for hydroxylation is 2. The van der Waals surface area contributed by atoms with Crippen LogP contribution in [0.25, 0.3) is 0 Å². The Hall–Kier alpha value is -2.16. The summed E-state index contributed by atoms with van der Waals surface area (Å²) in [7, 11) is 0. The molecule has 0 aromatic carbocycles. The smallest absolute Gasteiger partial charge is 0.313 e. The summed E-state index contributed by atoms with van der Waals surface area (Å²) in [5.74, 6) is -0.656. The molecule has 100 valence electrons. The largest absolute Gasteiger partial charge is 0.481 e. The van der Waals surface area contributed by atoms with Gasteiger partial charge in [-0.2, -0.15) is 9.97 Å². The van der Waals surface area contributed by atoms with Crippen LogP contribution in [0.2, 0.25) is 0 Å². The average molecular weight is 282 g/mol. The van der Waals surface area contributed by atoms with Crippen molar-refractivity contribution in [3.8, 4) is 0 Å². The minimum absolute atomic E-state index is 0.156. The first-order valence-corrected chi connectivity index (χ1v) is 6.31. The number of aliphatic carboxylic acids is 1. The maximum absolute atomic E-state index is 11.2. The minimum Gasteiger partial charge on any atom is -0.481 e. The van der Waals surface area contributed by atoms with Gasteiger partial charge in [-0.1, -0.05) is 16.9 Å². The first kappa shape index (κ1) is 13.3. The number of nitrogens with zero attached hydrogens (tertiary/aromatic N) is 4. The maximum atomic E-state index is 11.2. The highest BCUT2D eigenvalue weighted by Crippen LogP contribution is 2.13. The lowest BCUT2D eigenvalue weighted by molar-refractivity contribution is -0.133. The Kier molecular flexibility index (Phi) is 4.29. The second-order valence-corrected chi connectivity index (χ2v) is 4.45. The van der Waals surface area contributed by atoms with E-state index in [9.17, 15) is 9.59 Å². The summed E-state index contributed by atoms with van der Waals surface area (Å²) >= 11 is 0.992. The molecule has 19 heavy (non-hydrogen) atoms. The number of aromatic nitrogens is 4. The number of carbonyl (C=O) groups is 1. The van der Waals surface area contributed by atoms with Crippen LogP contribution < -0.4 is 5.56 Å². The van der Waals surface area contributed by atoms with Crippen molar-refractivity contribution in [3.05, 3.63) is 34.8 Å². The molecule has 0 unspecified atom stereocenters. The second-order valence-electron chi connectivity index (χ2n) is 3.51. The topological polar surface area (TPSA) is 111 Å². The summed E-state index contributed by atoms with van der Waals surface area (Å²) in [6.07, 6.45) is 3.35. The molecule has 8 nitrogen and oxygen atoms in total. The van der Waals surface area contributed by atoms with Gasteiger partial charge in [0.15, 0.2) is 11.5 Å². The molecule has 0 spiro atoms. The molecule has 0 fully saturated rings. The molecule has 0 atom stereocenters. The van der Waals surface area contributed by atoms with Gasteiger partial charge in [0.2, 0.25) is 5.89 Å². The van der Waals surface area contributed by atoms with Gasteiger partial charge >= 0.3 is 5.97 Å². The Balaban J connectivity index is 2.09. The molecule has 0 aliphatic carbocycles. The van der Waals surface area contributed by atoms with E-state index in [0.29, 0.717) is 24.0 Å². The highest BCUT2D eigenvalue weighted by molar-refractivity contribution is 7.99. The monoisotopic (exact) mass is 282 g/mol. The van der Waals surface area contributed by atoms with Crippen LogP contribution in [0.15, 0.2) is 33.1 Å². The van der Waals surface area contributed by atoms with Crippen molar-refractivity contribution in [2.45, 2.75) is 18.1 Å². The van der Waals surface area contributed by atoms with E-state index < -0.39 is 11.5 Å². The van der Waals surface area contributed by atoms with E-state index in [1.54, 1.807) is 10.8 Å². The standard InChI is InChI=1S/C10H10N4O4S/c15-7-1-3-14(4-2-8-11-6-12-18-8)10(13-7)19-5-9(16)17/h1,3,6H,2,4-5H2,(H,16,17). The fourth-order valence-electron chi connectivity index (χ4n) is 1.35. The highest BCUT2D eigenvalue weighted by Gasteiger charge is 2.08. The van der Waals surface area contributed by atoms with Crippen LogP contribution >= 0.6 is 11.8 Å². The predicted molar refractivity (Wildman–Crippen MR) is 64.9 cm³/mol. The van der Waals surface area contributed by atoms with Crippen LogP contribution in [0, 0.1) is 0 Å². The molecule has 0 aliphatic heterocycles. The molecular formula is C10H10N4O4S. The van der Waals surface area contributed by atoms with Gasteiger partial charge in [-0.25, -0.2) is 0 Å². The molecule has 0 saturated heterocycles. The Morgan fingerprint density at radius 3 is 3.05 bits per heavy atom. The zero-order chi connectivity index (χ0) is 13.7. The Morgan fingerprint density at radius 1 is 1.53 bits per heavy atom. The van der Waals surface area contributed by atoms with Crippen LogP contribution in [0.4, 0.5) is 0 Å². The Labute approximate surface area is 111 Å². The van der Waals surface area contributed by atoms with Gasteiger partial charge in [0.05, 0.1) is 5.75 Å². The number of rotatable bonds is 6. The lowest BCUT2D eigenvalue weighted by atomic mass is 10.4. The number of hydrogen-bond donors (Lipinski definition) is 1. The average Bonchev–Trinajstić information content (AvgIpc) is 2.88. The van der Waals surface area contributed by atoms with E-state index in [4.69, 9.17) is 9.63 Å². The van der Waals surface area contributed by atoms with Crippen molar-refractivity contribution in [3.63, 3.8) is 0 Å². The van der Waals surface area contributed by atoms with E-state index in [1.165, 1.54) is 12.4 Å². The normalized spacial score (nSPS) is 10.5. The van der Waals surface area contributed by atoms with Crippen molar-refractivity contribution in [2.24, 2.45) is 0 Å². The van der Waals surface area contributed by atoms with Gasteiger partial charge in [0.25, 0.3) is 5.56 Å². The van der Waals surface area contributed by atoms with Gasteiger partial charge in [-0.3, -0.25) is 9.59 Å². The van der Waals surface area contributed by atoms with E-state index in [2.05, 4.69) is 15.1 Å². The maximum Gasteiger partial charge on any atom is 0.313 e. The van der Waals surface area contributed by atoms with Crippen molar-refractivity contribution in [1.82, 2.24) is 19.7 Å². The molecule has 2 rings (SSSR count). The van der Waals surface area contributed by atoms with Crippen LogP contribution in [0.1, 0.15) is 5.89 Å². The highest BCUT2D eigenvalue weighted by atomic mass is 32.2. The third kappa shape index (κ3) is 3.91. The van der Waals surface area contributed by atoms with Crippen molar-refractivity contribution in [2.75, 3.05) is 5.75 Å². The van der Waals surface area contributed by atoms with E-state index in [-0.39, 0.29) is 5.75 Å². The molecule has 0 amide bonds. The van der Waals surface area contributed by atoms with Gasteiger partial charge in [0, 0.05) is 25.2 Å². The van der Waals surface area contributed by atoms with Crippen LogP contribution in [0.3, 0.4) is 0 Å². The molecule has 2 aromatic rings. The van der Waals surface area contributed by atoms with Gasteiger partial charge in [0.1, 0.15) is 0 Å². The van der Waals surface area contributed by atoms with Gasteiger partial charge in [-0.05, 0) is 0 Å². The summed E-state index contributed by atoms with van der Waals surface area (Å²) in [5.41, 5.74) is -0.401. The number of hydrogen-bond acceptors (Lipinski definition) is 7. The summed E-state index contributed by atoms with van der Waals surface area (Å²) in [4.78, 5) is 29.4. The summed E-state index contributed by atoms with van der Waals surface area (Å²) < 4.78 is 6.54. The molecular weight excluding hydrogens is 272 g/mol. The molecule has 0 saturated carbocycles. The first-order chi connectivity index (χ1) is 9.15. The molecule has 0 radical (unpaired) electrons. The molecule has 0 aliphatic rings. The summed E-state index contributed by atoms with van der Waals surface area (Å²) in [6.45, 7) is 0.470. The van der Waals surface area contributed by atoms with Crippen LogP contribution in [-0.2, 0) is 17.8 Å². The van der Waals surface area contributed by atoms with Crippen LogP contribution in [0.5, 0.6) is 0 Å². The van der Waals surface area contributed by atoms with E-state index in [1.807, 2.05) is 0 Å². The predicted octanol–water partition coefficient (Wildman–Crippen LogP) is 0.0457. The van der Waals surface area contributed by atoms with Gasteiger partial charge in [-0.15, -0.1) is 0 Å². The number of carboxylic acids is 1. The zero-order valence-corrected chi connectivity index (χ0v) is 10.5. The quantitative estimate of drug-likeness (QED) is 0.584. The van der Waals surface area contributed by atoms with Crippen LogP contribution in [-0.4, -0.2) is 36.5 Å². The first-order valence-electron chi connectivity index (χ1n) is 5.33.